The highest BCUT2D eigenvalue weighted by atomic mass is 16.6. The molecule has 0 aromatic carbocycles. The largest absolute Gasteiger partial charge is 0.463 e. The van der Waals surface area contributed by atoms with Gasteiger partial charge in [-0.3, -0.25) is 4.90 Å². The number of carbonyl (C=O) groups excluding carboxylic acids is 2. The van der Waals surface area contributed by atoms with Gasteiger partial charge < -0.3 is 9.47 Å². The lowest BCUT2D eigenvalue weighted by molar-refractivity contribution is -0.148. The van der Waals surface area contributed by atoms with Gasteiger partial charge in [-0.2, -0.15) is 5.26 Å². The monoisotopic (exact) mass is 268 g/mol. The van der Waals surface area contributed by atoms with E-state index in [2.05, 4.69) is 0 Å². The quantitative estimate of drug-likeness (QED) is 0.576. The van der Waals surface area contributed by atoms with E-state index in [1.807, 2.05) is 6.07 Å². The number of rotatable bonds is 3. The van der Waals surface area contributed by atoms with Crippen molar-refractivity contribution in [2.45, 2.75) is 51.7 Å². The van der Waals surface area contributed by atoms with Crippen molar-refractivity contribution in [2.75, 3.05) is 13.2 Å². The van der Waals surface area contributed by atoms with Gasteiger partial charge in [0.1, 0.15) is 18.2 Å². The van der Waals surface area contributed by atoms with Crippen LogP contribution in [0.5, 0.6) is 0 Å². The van der Waals surface area contributed by atoms with Crippen molar-refractivity contribution in [3.63, 3.8) is 0 Å². The van der Waals surface area contributed by atoms with Crippen molar-refractivity contribution in [3.8, 4) is 6.07 Å². The number of hydrogen-bond donors (Lipinski definition) is 0. The Morgan fingerprint density at radius 2 is 2.11 bits per heavy atom. The van der Waals surface area contributed by atoms with Crippen molar-refractivity contribution in [3.05, 3.63) is 0 Å². The van der Waals surface area contributed by atoms with Crippen molar-refractivity contribution in [1.29, 1.82) is 5.26 Å². The van der Waals surface area contributed by atoms with Crippen LogP contribution in [0.4, 0.5) is 4.79 Å². The van der Waals surface area contributed by atoms with Gasteiger partial charge >= 0.3 is 12.1 Å². The molecule has 1 unspecified atom stereocenters. The first-order valence-electron chi connectivity index (χ1n) is 6.38. The molecule has 1 rings (SSSR count). The maximum atomic E-state index is 11.9. The van der Waals surface area contributed by atoms with Gasteiger partial charge in [-0.1, -0.05) is 0 Å². The minimum Gasteiger partial charge on any atom is -0.463 e. The summed E-state index contributed by atoms with van der Waals surface area (Å²) in [6.45, 7) is 5.89. The average Bonchev–Trinajstić information content (AvgIpc) is 2.75. The zero-order chi connectivity index (χ0) is 14.5. The lowest BCUT2D eigenvalue weighted by atomic mass is 10.2. The van der Waals surface area contributed by atoms with Gasteiger partial charge in [0.05, 0.1) is 12.5 Å². The van der Waals surface area contributed by atoms with Crippen LogP contribution in [0, 0.1) is 11.3 Å². The molecule has 106 valence electrons. The number of esters is 1. The zero-order valence-corrected chi connectivity index (χ0v) is 11.6. The van der Waals surface area contributed by atoms with E-state index in [1.165, 1.54) is 4.90 Å². The van der Waals surface area contributed by atoms with E-state index < -0.39 is 23.7 Å². The Balaban J connectivity index is 2.56. The Bertz CT molecular complexity index is 381. The summed E-state index contributed by atoms with van der Waals surface area (Å²) in [6.07, 6.45) is 0.986. The molecule has 1 amide bonds. The van der Waals surface area contributed by atoms with Gasteiger partial charge in [-0.05, 0) is 33.6 Å². The van der Waals surface area contributed by atoms with E-state index in [9.17, 15) is 9.59 Å². The molecule has 1 heterocycles. The van der Waals surface area contributed by atoms with Crippen LogP contribution >= 0.6 is 0 Å². The Morgan fingerprint density at radius 1 is 1.42 bits per heavy atom. The topological polar surface area (TPSA) is 79.6 Å². The zero-order valence-electron chi connectivity index (χ0n) is 11.6. The van der Waals surface area contributed by atoms with E-state index in [0.717, 1.165) is 6.42 Å². The summed E-state index contributed by atoms with van der Waals surface area (Å²) in [5, 5.41) is 8.39. The summed E-state index contributed by atoms with van der Waals surface area (Å²) in [5.41, 5.74) is -0.588. The summed E-state index contributed by atoms with van der Waals surface area (Å²) in [4.78, 5) is 25.2. The lowest BCUT2D eigenvalue weighted by Crippen LogP contribution is -2.44. The maximum absolute atomic E-state index is 11.9. The predicted octanol–water partition coefficient (Wildman–Crippen LogP) is 1.84. The number of nitrogens with zero attached hydrogens (tertiary/aromatic N) is 2. The van der Waals surface area contributed by atoms with E-state index in [-0.39, 0.29) is 13.0 Å². The predicted molar refractivity (Wildman–Crippen MR) is 67.2 cm³/mol. The third-order valence-electron chi connectivity index (χ3n) is 2.61. The first kappa shape index (κ1) is 15.3. The van der Waals surface area contributed by atoms with Crippen molar-refractivity contribution in [2.24, 2.45) is 0 Å². The smallest absolute Gasteiger partial charge is 0.411 e. The van der Waals surface area contributed by atoms with Gasteiger partial charge in [0, 0.05) is 6.54 Å². The molecule has 0 aromatic heterocycles. The minimum atomic E-state index is -0.589. The molecule has 1 fully saturated rings. The molecular weight excluding hydrogens is 248 g/mol. The van der Waals surface area contributed by atoms with Crippen LogP contribution in [0.2, 0.25) is 0 Å². The molecule has 1 aliphatic heterocycles. The fourth-order valence-electron chi connectivity index (χ4n) is 1.84. The Kier molecular flexibility index (Phi) is 5.16. The fourth-order valence-corrected chi connectivity index (χ4v) is 1.84. The summed E-state index contributed by atoms with van der Waals surface area (Å²) < 4.78 is 10.2. The van der Waals surface area contributed by atoms with Crippen molar-refractivity contribution in [1.82, 2.24) is 4.90 Å². The first-order valence-corrected chi connectivity index (χ1v) is 6.38. The maximum Gasteiger partial charge on any atom is 0.411 e. The number of amides is 1. The summed E-state index contributed by atoms with van der Waals surface area (Å²) in [6, 6.07) is 1.31. The van der Waals surface area contributed by atoms with Gasteiger partial charge in [-0.25, -0.2) is 9.59 Å². The van der Waals surface area contributed by atoms with Crippen LogP contribution in [0.15, 0.2) is 0 Å². The van der Waals surface area contributed by atoms with Crippen molar-refractivity contribution >= 4 is 12.1 Å². The Labute approximate surface area is 113 Å². The molecule has 0 N–H and O–H groups in total. The van der Waals surface area contributed by atoms with E-state index in [0.29, 0.717) is 13.0 Å². The van der Waals surface area contributed by atoms with Crippen LogP contribution in [-0.4, -0.2) is 41.8 Å². The Morgan fingerprint density at radius 3 is 2.68 bits per heavy atom. The lowest BCUT2D eigenvalue weighted by Gasteiger charge is -2.27. The summed E-state index contributed by atoms with van der Waals surface area (Å²) >= 11 is 0. The van der Waals surface area contributed by atoms with Gasteiger partial charge in [0.15, 0.2) is 0 Å². The molecule has 0 radical (unpaired) electrons. The standard InChI is InChI=1S/C13H20N2O4/c1-13(2,3)19-12(17)15-8-4-6-10(15)11(16)18-9-5-7-14/h10H,4-6,8-9H2,1-3H3. The molecular formula is C13H20N2O4. The third kappa shape index (κ3) is 4.78. The normalized spacial score (nSPS) is 18.8. The van der Waals surface area contributed by atoms with Crippen molar-refractivity contribution < 1.29 is 19.1 Å². The molecule has 0 saturated carbocycles. The fraction of sp³-hybridized carbons (Fsp3) is 0.769. The molecule has 1 saturated heterocycles. The Hall–Kier alpha value is -1.77. The molecule has 0 aliphatic carbocycles. The molecule has 0 aromatic rings. The molecule has 0 spiro atoms. The van der Waals surface area contributed by atoms with E-state index in [4.69, 9.17) is 14.7 Å². The second-order valence-electron chi connectivity index (χ2n) is 5.41. The number of nitriles is 1. The number of hydrogen-bond acceptors (Lipinski definition) is 5. The van der Waals surface area contributed by atoms with E-state index in [1.54, 1.807) is 20.8 Å². The SMILES string of the molecule is CC(C)(C)OC(=O)N1CCCC1C(=O)OCCC#N. The number of likely N-dealkylation sites (tertiary alicyclic amines) is 1. The van der Waals surface area contributed by atoms with Gasteiger partial charge in [0.2, 0.25) is 0 Å². The minimum absolute atomic E-state index is 0.0635. The molecule has 6 heteroatoms. The van der Waals surface area contributed by atoms with Crippen LogP contribution in [-0.2, 0) is 14.3 Å². The van der Waals surface area contributed by atoms with Gasteiger partial charge in [0.25, 0.3) is 0 Å². The molecule has 0 bridgehead atoms. The second kappa shape index (κ2) is 6.41. The molecule has 19 heavy (non-hydrogen) atoms. The third-order valence-corrected chi connectivity index (χ3v) is 2.61. The summed E-state index contributed by atoms with van der Waals surface area (Å²) in [7, 11) is 0. The number of ether oxygens (including phenoxy) is 2. The molecule has 1 atom stereocenters. The first-order chi connectivity index (χ1) is 8.85. The molecule has 6 nitrogen and oxygen atoms in total. The summed E-state index contributed by atoms with van der Waals surface area (Å²) in [5.74, 6) is -0.460. The van der Waals surface area contributed by atoms with E-state index >= 15 is 0 Å². The number of carbonyl (C=O) groups is 2. The highest BCUT2D eigenvalue weighted by Gasteiger charge is 2.37. The highest BCUT2D eigenvalue weighted by molar-refractivity contribution is 5.82. The average molecular weight is 268 g/mol. The highest BCUT2D eigenvalue weighted by Crippen LogP contribution is 2.21. The van der Waals surface area contributed by atoms with Crippen LogP contribution in [0.25, 0.3) is 0 Å². The second-order valence-corrected chi connectivity index (χ2v) is 5.41. The van der Waals surface area contributed by atoms with Crippen LogP contribution in [0.1, 0.15) is 40.0 Å². The van der Waals surface area contributed by atoms with Gasteiger partial charge in [-0.15, -0.1) is 0 Å². The van der Waals surface area contributed by atoms with Crippen LogP contribution < -0.4 is 0 Å². The van der Waals surface area contributed by atoms with Crippen LogP contribution in [0.3, 0.4) is 0 Å². The molecule has 1 aliphatic rings.